The summed E-state index contributed by atoms with van der Waals surface area (Å²) < 4.78 is 1.23. The largest absolute Gasteiger partial charge is 0.307 e. The molecule has 1 heterocycles. The van der Waals surface area contributed by atoms with Crippen molar-refractivity contribution in [1.29, 1.82) is 0 Å². The monoisotopic (exact) mass is 315 g/mol. The Balaban J connectivity index is 1.87. The molecule has 0 saturated heterocycles. The molecule has 0 bridgehead atoms. The molecule has 3 unspecified atom stereocenters. The fraction of sp³-hybridized carbons (Fsp3) is 0.714. The number of hydrogen-bond acceptors (Lipinski definition) is 2. The van der Waals surface area contributed by atoms with Crippen molar-refractivity contribution in [2.45, 2.75) is 58.0 Å². The molecule has 1 aliphatic rings. The van der Waals surface area contributed by atoms with Crippen LogP contribution in [0.5, 0.6) is 0 Å². The van der Waals surface area contributed by atoms with E-state index in [-0.39, 0.29) is 0 Å². The Hall–Kier alpha value is 0.140. The van der Waals surface area contributed by atoms with Gasteiger partial charge in [-0.15, -0.1) is 11.3 Å². The van der Waals surface area contributed by atoms with E-state index < -0.39 is 0 Å². The van der Waals surface area contributed by atoms with Crippen molar-refractivity contribution in [3.63, 3.8) is 0 Å². The Morgan fingerprint density at radius 1 is 1.29 bits per heavy atom. The molecule has 1 nitrogen and oxygen atoms in total. The first-order valence-electron chi connectivity index (χ1n) is 6.66. The lowest BCUT2D eigenvalue weighted by Gasteiger charge is -2.21. The maximum Gasteiger partial charge on any atom is 0.0701 e. The van der Waals surface area contributed by atoms with Gasteiger partial charge in [-0.2, -0.15) is 0 Å². The van der Waals surface area contributed by atoms with Crippen molar-refractivity contribution in [2.75, 3.05) is 0 Å². The van der Waals surface area contributed by atoms with Gasteiger partial charge in [-0.25, -0.2) is 0 Å². The van der Waals surface area contributed by atoms with Crippen molar-refractivity contribution in [1.82, 2.24) is 5.32 Å². The molecule has 1 aromatic rings. The second kappa shape index (κ2) is 6.35. The maximum absolute atomic E-state index is 3.80. The van der Waals surface area contributed by atoms with E-state index in [1.807, 2.05) is 11.3 Å². The van der Waals surface area contributed by atoms with Crippen molar-refractivity contribution in [3.05, 3.63) is 20.8 Å². The second-order valence-electron chi connectivity index (χ2n) is 5.34. The lowest BCUT2D eigenvalue weighted by Crippen LogP contribution is -2.30. The second-order valence-corrected chi connectivity index (χ2v) is 7.84. The van der Waals surface area contributed by atoms with Crippen LogP contribution in [0.3, 0.4) is 0 Å². The third kappa shape index (κ3) is 4.08. The van der Waals surface area contributed by atoms with Crippen LogP contribution in [0.1, 0.15) is 56.9 Å². The highest BCUT2D eigenvalue weighted by Gasteiger charge is 2.18. The van der Waals surface area contributed by atoms with Crippen LogP contribution in [-0.4, -0.2) is 6.04 Å². The molecule has 96 valence electrons. The average molecular weight is 316 g/mol. The number of hydrogen-bond donors (Lipinski definition) is 1. The van der Waals surface area contributed by atoms with E-state index in [9.17, 15) is 0 Å². The van der Waals surface area contributed by atoms with E-state index in [4.69, 9.17) is 0 Å². The number of rotatable bonds is 3. The summed E-state index contributed by atoms with van der Waals surface area (Å²) in [5.41, 5.74) is 0. The summed E-state index contributed by atoms with van der Waals surface area (Å²) in [6.07, 6.45) is 6.88. The van der Waals surface area contributed by atoms with E-state index in [1.54, 1.807) is 0 Å². The van der Waals surface area contributed by atoms with Crippen LogP contribution in [0.2, 0.25) is 0 Å². The van der Waals surface area contributed by atoms with Gasteiger partial charge in [-0.3, -0.25) is 0 Å². The van der Waals surface area contributed by atoms with Crippen molar-refractivity contribution < 1.29 is 0 Å². The first kappa shape index (κ1) is 13.6. The molecule has 1 aromatic heterocycles. The minimum atomic E-state index is 0.490. The van der Waals surface area contributed by atoms with Crippen molar-refractivity contribution >= 4 is 27.3 Å². The Bertz CT molecular complexity index is 350. The van der Waals surface area contributed by atoms with Crippen LogP contribution in [0.15, 0.2) is 15.9 Å². The van der Waals surface area contributed by atoms with Crippen LogP contribution in [-0.2, 0) is 0 Å². The van der Waals surface area contributed by atoms with E-state index in [2.05, 4.69) is 47.2 Å². The molecule has 0 radical (unpaired) electrons. The van der Waals surface area contributed by atoms with E-state index in [0.717, 1.165) is 12.0 Å². The molecule has 0 aliphatic heterocycles. The van der Waals surface area contributed by atoms with E-state index in [0.29, 0.717) is 6.04 Å². The van der Waals surface area contributed by atoms with Gasteiger partial charge in [0.25, 0.3) is 0 Å². The summed E-state index contributed by atoms with van der Waals surface area (Å²) in [4.78, 5) is 1.44. The highest BCUT2D eigenvalue weighted by atomic mass is 79.9. The zero-order valence-corrected chi connectivity index (χ0v) is 13.1. The van der Waals surface area contributed by atoms with Gasteiger partial charge < -0.3 is 5.32 Å². The summed E-state index contributed by atoms with van der Waals surface area (Å²) in [6, 6.07) is 5.58. The summed E-state index contributed by atoms with van der Waals surface area (Å²) in [7, 11) is 0. The molecule has 2 rings (SSSR count). The lowest BCUT2D eigenvalue weighted by atomic mass is 10.0. The Morgan fingerprint density at radius 2 is 2.12 bits per heavy atom. The third-order valence-electron chi connectivity index (χ3n) is 3.76. The molecule has 3 atom stereocenters. The Labute approximate surface area is 117 Å². The van der Waals surface area contributed by atoms with Gasteiger partial charge in [0, 0.05) is 17.0 Å². The molecule has 1 aliphatic carbocycles. The van der Waals surface area contributed by atoms with Crippen LogP contribution >= 0.6 is 27.3 Å². The number of halogens is 1. The molecule has 0 aromatic carbocycles. The topological polar surface area (TPSA) is 12.0 Å². The third-order valence-corrected chi connectivity index (χ3v) is 5.57. The van der Waals surface area contributed by atoms with Crippen LogP contribution in [0.4, 0.5) is 0 Å². The van der Waals surface area contributed by atoms with Crippen LogP contribution < -0.4 is 5.32 Å². The predicted octanol–water partition coefficient (Wildman–Crippen LogP) is 5.13. The standard InChI is InChI=1S/C14H22BrNS/c1-10-4-3-5-12(7-6-10)16-11(2)13-8-9-14(15)17-13/h8-12,16H,3-7H2,1-2H3. The fourth-order valence-electron chi connectivity index (χ4n) is 2.65. The summed E-state index contributed by atoms with van der Waals surface area (Å²) >= 11 is 5.38. The average Bonchev–Trinajstić information content (AvgIpc) is 2.62. The maximum atomic E-state index is 3.80. The first-order chi connectivity index (χ1) is 8.15. The van der Waals surface area contributed by atoms with E-state index in [1.165, 1.54) is 40.8 Å². The predicted molar refractivity (Wildman–Crippen MR) is 79.6 cm³/mol. The van der Waals surface area contributed by atoms with Crippen molar-refractivity contribution in [3.8, 4) is 0 Å². The highest BCUT2D eigenvalue weighted by Crippen LogP contribution is 2.29. The molecule has 1 N–H and O–H groups in total. The van der Waals surface area contributed by atoms with Crippen LogP contribution in [0, 0.1) is 5.92 Å². The molecule has 0 spiro atoms. The molecular formula is C14H22BrNS. The number of thiophene rings is 1. The van der Waals surface area contributed by atoms with E-state index >= 15 is 0 Å². The summed E-state index contributed by atoms with van der Waals surface area (Å²) in [6.45, 7) is 4.68. The molecule has 1 saturated carbocycles. The summed E-state index contributed by atoms with van der Waals surface area (Å²) in [5.74, 6) is 0.924. The molecule has 1 fully saturated rings. The molecular weight excluding hydrogens is 294 g/mol. The SMILES string of the molecule is CC1CCCC(NC(C)c2ccc(Br)s2)CC1. The van der Waals surface area contributed by atoms with Gasteiger partial charge in [0.1, 0.15) is 0 Å². The lowest BCUT2D eigenvalue weighted by molar-refractivity contribution is 0.411. The van der Waals surface area contributed by atoms with Gasteiger partial charge >= 0.3 is 0 Å². The zero-order chi connectivity index (χ0) is 12.3. The quantitative estimate of drug-likeness (QED) is 0.762. The van der Waals surface area contributed by atoms with Gasteiger partial charge in [0.15, 0.2) is 0 Å². The summed E-state index contributed by atoms with van der Waals surface area (Å²) in [5, 5.41) is 3.80. The highest BCUT2D eigenvalue weighted by molar-refractivity contribution is 9.11. The molecule has 17 heavy (non-hydrogen) atoms. The normalized spacial score (nSPS) is 27.7. The van der Waals surface area contributed by atoms with Gasteiger partial charge in [0.2, 0.25) is 0 Å². The molecule has 0 amide bonds. The minimum absolute atomic E-state index is 0.490. The fourth-order valence-corrected chi connectivity index (χ4v) is 4.09. The van der Waals surface area contributed by atoms with Gasteiger partial charge in [-0.1, -0.05) is 19.8 Å². The minimum Gasteiger partial charge on any atom is -0.307 e. The zero-order valence-electron chi connectivity index (χ0n) is 10.7. The van der Waals surface area contributed by atoms with Gasteiger partial charge in [-0.05, 0) is 60.2 Å². The Kier molecular flexibility index (Phi) is 5.07. The number of nitrogens with one attached hydrogen (secondary N) is 1. The Morgan fingerprint density at radius 3 is 2.82 bits per heavy atom. The first-order valence-corrected chi connectivity index (χ1v) is 8.27. The van der Waals surface area contributed by atoms with Crippen molar-refractivity contribution in [2.24, 2.45) is 5.92 Å². The van der Waals surface area contributed by atoms with Gasteiger partial charge in [0.05, 0.1) is 3.79 Å². The van der Waals surface area contributed by atoms with Crippen LogP contribution in [0.25, 0.3) is 0 Å². The smallest absolute Gasteiger partial charge is 0.0701 e. The molecule has 3 heteroatoms.